The van der Waals surface area contributed by atoms with E-state index < -0.39 is 12.0 Å². The minimum Gasteiger partial charge on any atom is -0.480 e. The molecular formula is C20H28N2O3. The van der Waals surface area contributed by atoms with E-state index in [1.165, 1.54) is 41.0 Å². The van der Waals surface area contributed by atoms with Gasteiger partial charge in [0.1, 0.15) is 6.04 Å². The lowest BCUT2D eigenvalue weighted by Gasteiger charge is -2.28. The van der Waals surface area contributed by atoms with Gasteiger partial charge in [0, 0.05) is 6.54 Å². The maximum atomic E-state index is 10.4. The van der Waals surface area contributed by atoms with Crippen LogP contribution in [0.1, 0.15) is 42.9 Å². The summed E-state index contributed by atoms with van der Waals surface area (Å²) in [6.07, 6.45) is 9.45. The Kier molecular flexibility index (Phi) is 9.25. The number of benzene rings is 1. The van der Waals surface area contributed by atoms with E-state index in [2.05, 4.69) is 36.8 Å². The molecule has 1 unspecified atom stereocenters. The number of amides is 1. The molecule has 0 spiro atoms. The molecule has 1 heterocycles. The summed E-state index contributed by atoms with van der Waals surface area (Å²) in [5, 5.41) is 9.81. The van der Waals surface area contributed by atoms with Gasteiger partial charge in [-0.15, -0.1) is 6.58 Å². The lowest BCUT2D eigenvalue weighted by molar-refractivity contribution is -0.143. The predicted molar refractivity (Wildman–Crippen MR) is 101 cm³/mol. The normalized spacial score (nSPS) is 17.8. The molecule has 0 aromatic heterocycles. The molecule has 1 atom stereocenters. The number of hydrogen-bond acceptors (Lipinski definition) is 3. The summed E-state index contributed by atoms with van der Waals surface area (Å²) in [5.74, 6) is -0.906. The second-order valence-corrected chi connectivity index (χ2v) is 5.96. The molecule has 0 radical (unpaired) electrons. The number of hydrazine groups is 1. The van der Waals surface area contributed by atoms with Crippen molar-refractivity contribution in [2.45, 2.75) is 45.1 Å². The van der Waals surface area contributed by atoms with Crippen molar-refractivity contribution in [3.8, 4) is 0 Å². The highest BCUT2D eigenvalue weighted by molar-refractivity contribution is 5.73. The number of carbonyl (C=O) groups excluding carboxylic acids is 1. The highest BCUT2D eigenvalue weighted by atomic mass is 16.4. The SMILES string of the molecule is C=CC.C=Cc1ccc2c(c1)CCC2.O=CN1CCCC(C(=O)O)N1. The largest absolute Gasteiger partial charge is 0.480 e. The second-order valence-electron chi connectivity index (χ2n) is 5.96. The lowest BCUT2D eigenvalue weighted by Crippen LogP contribution is -2.51. The number of carboxylic acid groups (broad SMARTS) is 1. The van der Waals surface area contributed by atoms with Gasteiger partial charge >= 0.3 is 5.97 Å². The first-order chi connectivity index (χ1) is 12.0. The summed E-state index contributed by atoms with van der Waals surface area (Å²) in [6, 6.07) is 6.04. The van der Waals surface area contributed by atoms with Crippen LogP contribution < -0.4 is 5.43 Å². The maximum Gasteiger partial charge on any atom is 0.322 e. The number of hydrogen-bond donors (Lipinski definition) is 2. The minimum absolute atomic E-state index is 0.583. The van der Waals surface area contributed by atoms with Crippen molar-refractivity contribution in [1.82, 2.24) is 10.4 Å². The summed E-state index contributed by atoms with van der Waals surface area (Å²) in [6.45, 7) is 9.60. The van der Waals surface area contributed by atoms with E-state index in [0.29, 0.717) is 19.4 Å². The molecule has 0 saturated carbocycles. The fourth-order valence-electron chi connectivity index (χ4n) is 2.78. The lowest BCUT2D eigenvalue weighted by atomic mass is 10.1. The zero-order valence-electron chi connectivity index (χ0n) is 14.9. The first-order valence-electron chi connectivity index (χ1n) is 8.57. The zero-order valence-corrected chi connectivity index (χ0v) is 14.9. The van der Waals surface area contributed by atoms with Gasteiger partial charge in [-0.1, -0.05) is 36.9 Å². The van der Waals surface area contributed by atoms with Crippen LogP contribution in [0.3, 0.4) is 0 Å². The summed E-state index contributed by atoms with van der Waals surface area (Å²) in [4.78, 5) is 20.6. The van der Waals surface area contributed by atoms with Crippen LogP contribution in [0, 0.1) is 0 Å². The van der Waals surface area contributed by atoms with Gasteiger partial charge in [0.2, 0.25) is 6.41 Å². The van der Waals surface area contributed by atoms with Crippen molar-refractivity contribution < 1.29 is 14.7 Å². The van der Waals surface area contributed by atoms with Crippen molar-refractivity contribution in [3.63, 3.8) is 0 Å². The molecule has 1 saturated heterocycles. The van der Waals surface area contributed by atoms with E-state index in [4.69, 9.17) is 5.11 Å². The first kappa shape index (κ1) is 20.6. The van der Waals surface area contributed by atoms with Crippen molar-refractivity contribution in [1.29, 1.82) is 0 Å². The topological polar surface area (TPSA) is 69.6 Å². The molecule has 1 fully saturated rings. The molecule has 1 amide bonds. The van der Waals surface area contributed by atoms with Gasteiger partial charge in [0.25, 0.3) is 0 Å². The fourth-order valence-corrected chi connectivity index (χ4v) is 2.78. The number of nitrogens with one attached hydrogen (secondary N) is 1. The average Bonchev–Trinajstić information content (AvgIpc) is 3.10. The molecule has 136 valence electrons. The third-order valence-electron chi connectivity index (χ3n) is 4.00. The highest BCUT2D eigenvalue weighted by Crippen LogP contribution is 2.22. The van der Waals surface area contributed by atoms with Crippen molar-refractivity contribution in [3.05, 3.63) is 54.1 Å². The summed E-state index contributed by atoms with van der Waals surface area (Å²) < 4.78 is 0. The monoisotopic (exact) mass is 344 g/mol. The van der Waals surface area contributed by atoms with E-state index in [9.17, 15) is 9.59 Å². The Hall–Kier alpha value is -2.40. The predicted octanol–water partition coefficient (Wildman–Crippen LogP) is 3.21. The molecule has 5 heteroatoms. The van der Waals surface area contributed by atoms with Gasteiger partial charge in [-0.25, -0.2) is 5.43 Å². The van der Waals surface area contributed by atoms with Gasteiger partial charge in [-0.2, -0.15) is 0 Å². The number of allylic oxidation sites excluding steroid dienone is 1. The van der Waals surface area contributed by atoms with Crippen LogP contribution >= 0.6 is 0 Å². The number of nitrogens with zero attached hydrogens (tertiary/aromatic N) is 1. The van der Waals surface area contributed by atoms with Gasteiger partial charge < -0.3 is 5.11 Å². The zero-order chi connectivity index (χ0) is 18.7. The van der Waals surface area contributed by atoms with E-state index in [1.54, 1.807) is 6.08 Å². The summed E-state index contributed by atoms with van der Waals surface area (Å²) in [5.41, 5.74) is 6.89. The van der Waals surface area contributed by atoms with Crippen LogP contribution in [0.5, 0.6) is 0 Å². The van der Waals surface area contributed by atoms with Crippen molar-refractivity contribution in [2.24, 2.45) is 0 Å². The van der Waals surface area contributed by atoms with Gasteiger partial charge in [-0.05, 0) is 55.7 Å². The number of fused-ring (bicyclic) bond motifs is 1. The Labute approximate surface area is 150 Å². The minimum atomic E-state index is -0.906. The van der Waals surface area contributed by atoms with Crippen LogP contribution in [0.15, 0.2) is 37.4 Å². The third-order valence-corrected chi connectivity index (χ3v) is 4.00. The molecule has 1 aromatic carbocycles. The first-order valence-corrected chi connectivity index (χ1v) is 8.57. The van der Waals surface area contributed by atoms with E-state index in [0.717, 1.165) is 6.42 Å². The van der Waals surface area contributed by atoms with Crippen LogP contribution in [-0.4, -0.2) is 35.1 Å². The molecule has 2 aliphatic rings. The van der Waals surface area contributed by atoms with Gasteiger partial charge in [0.05, 0.1) is 0 Å². The highest BCUT2D eigenvalue weighted by Gasteiger charge is 2.23. The van der Waals surface area contributed by atoms with Gasteiger partial charge in [0.15, 0.2) is 0 Å². The Morgan fingerprint density at radius 3 is 2.56 bits per heavy atom. The number of carboxylic acids is 1. The number of aliphatic carboxylic acids is 1. The van der Waals surface area contributed by atoms with Crippen LogP contribution in [0.4, 0.5) is 0 Å². The molecule has 1 aromatic rings. The average molecular weight is 344 g/mol. The van der Waals surface area contributed by atoms with Crippen LogP contribution in [0.2, 0.25) is 0 Å². The van der Waals surface area contributed by atoms with E-state index >= 15 is 0 Å². The quantitative estimate of drug-likeness (QED) is 0.652. The van der Waals surface area contributed by atoms with Crippen LogP contribution in [0.25, 0.3) is 6.08 Å². The maximum absolute atomic E-state index is 10.4. The molecule has 3 rings (SSSR count). The third kappa shape index (κ3) is 6.93. The molecule has 25 heavy (non-hydrogen) atoms. The van der Waals surface area contributed by atoms with Crippen LogP contribution in [-0.2, 0) is 22.4 Å². The van der Waals surface area contributed by atoms with Crippen molar-refractivity contribution >= 4 is 18.5 Å². The smallest absolute Gasteiger partial charge is 0.322 e. The Balaban J connectivity index is 0.000000217. The summed E-state index contributed by atoms with van der Waals surface area (Å²) >= 11 is 0. The Morgan fingerprint density at radius 2 is 1.96 bits per heavy atom. The number of rotatable bonds is 3. The van der Waals surface area contributed by atoms with Crippen molar-refractivity contribution in [2.75, 3.05) is 6.54 Å². The van der Waals surface area contributed by atoms with E-state index in [-0.39, 0.29) is 0 Å². The molecule has 1 aliphatic carbocycles. The molecule has 1 aliphatic heterocycles. The molecule has 0 bridgehead atoms. The molecular weight excluding hydrogens is 316 g/mol. The standard InChI is InChI=1S/C11H12.C6H10N2O3.C3H6/c1-2-9-6-7-10-4-3-5-11(10)8-9;9-4-8-3-1-2-5(7-8)6(10)11;1-3-2/h2,6-8H,1,3-5H2;4-5,7H,1-3H2,(H,10,11);3H,1H2,2H3. The molecule has 2 N–H and O–H groups in total. The second kappa shape index (κ2) is 11.2. The molecule has 5 nitrogen and oxygen atoms in total. The van der Waals surface area contributed by atoms with E-state index in [1.807, 2.05) is 13.0 Å². The number of aryl methyl sites for hydroxylation is 2. The fraction of sp³-hybridized carbons (Fsp3) is 0.400. The Bertz CT molecular complexity index is 599. The summed E-state index contributed by atoms with van der Waals surface area (Å²) in [7, 11) is 0. The Morgan fingerprint density at radius 1 is 1.28 bits per heavy atom. The number of carbonyl (C=O) groups is 2. The van der Waals surface area contributed by atoms with Gasteiger partial charge in [-0.3, -0.25) is 14.6 Å².